The van der Waals surface area contributed by atoms with Crippen LogP contribution < -0.4 is 49.1 Å². The molecule has 0 bridgehead atoms. The molecular formula is C37H57N9O14. The quantitative estimate of drug-likeness (QED) is 0.0367. The second-order valence-electron chi connectivity index (χ2n) is 14.5. The minimum Gasteiger partial charge on any atom is -0.508 e. The van der Waals surface area contributed by atoms with Gasteiger partial charge in [-0.05, 0) is 69.2 Å². The summed E-state index contributed by atoms with van der Waals surface area (Å²) >= 11 is 0. The number of phenols is 1. The van der Waals surface area contributed by atoms with E-state index < -0.39 is 127 Å². The predicted molar refractivity (Wildman–Crippen MR) is 210 cm³/mol. The molecular weight excluding hydrogens is 794 g/mol. The Hall–Kier alpha value is -6.36. The third-order valence-corrected chi connectivity index (χ3v) is 8.71. The Morgan fingerprint density at radius 1 is 0.600 bits per heavy atom. The fraction of sp³-hybridized carbons (Fsp3) is 0.568. The minimum absolute atomic E-state index is 0.00343. The molecule has 1 aromatic carbocycles. The number of unbranched alkanes of at least 4 members (excludes halogenated alkanes) is 1. The van der Waals surface area contributed by atoms with Gasteiger partial charge >= 0.3 is 17.9 Å². The molecule has 0 spiro atoms. The normalized spacial score (nSPS) is 14.4. The van der Waals surface area contributed by atoms with Crippen LogP contribution in [0.4, 0.5) is 0 Å². The van der Waals surface area contributed by atoms with E-state index >= 15 is 0 Å². The van der Waals surface area contributed by atoms with E-state index in [4.69, 9.17) is 17.2 Å². The van der Waals surface area contributed by atoms with Crippen molar-refractivity contribution in [3.8, 4) is 5.75 Å². The van der Waals surface area contributed by atoms with Gasteiger partial charge in [0.25, 0.3) is 0 Å². The van der Waals surface area contributed by atoms with Crippen LogP contribution in [0.15, 0.2) is 24.3 Å². The Kier molecular flexibility index (Phi) is 22.3. The van der Waals surface area contributed by atoms with E-state index in [0.717, 1.165) is 0 Å². The average molecular weight is 852 g/mol. The van der Waals surface area contributed by atoms with Gasteiger partial charge in [-0.1, -0.05) is 26.0 Å². The van der Waals surface area contributed by atoms with Gasteiger partial charge in [-0.2, -0.15) is 0 Å². The van der Waals surface area contributed by atoms with Crippen LogP contribution in [0, 0.1) is 5.92 Å². The molecule has 0 heterocycles. The first kappa shape index (κ1) is 51.7. The summed E-state index contributed by atoms with van der Waals surface area (Å²) in [6.45, 7) is 4.90. The third kappa shape index (κ3) is 19.9. The molecule has 7 atom stereocenters. The van der Waals surface area contributed by atoms with E-state index in [2.05, 4.69) is 31.9 Å². The number of amides is 7. The van der Waals surface area contributed by atoms with Crippen molar-refractivity contribution in [1.29, 1.82) is 0 Å². The van der Waals surface area contributed by atoms with Crippen molar-refractivity contribution in [2.45, 2.75) is 121 Å². The molecule has 23 heteroatoms. The highest BCUT2D eigenvalue weighted by Gasteiger charge is 2.34. The van der Waals surface area contributed by atoms with E-state index in [1.54, 1.807) is 13.8 Å². The van der Waals surface area contributed by atoms with Crippen LogP contribution in [0.5, 0.6) is 5.75 Å². The van der Waals surface area contributed by atoms with Crippen molar-refractivity contribution in [3.05, 3.63) is 29.8 Å². The maximum atomic E-state index is 13.8. The summed E-state index contributed by atoms with van der Waals surface area (Å²) in [5, 5.41) is 52.4. The number of hydrogen-bond acceptors (Lipinski definition) is 13. The Morgan fingerprint density at radius 2 is 1.12 bits per heavy atom. The lowest BCUT2D eigenvalue weighted by Crippen LogP contribution is -2.60. The number of primary amides is 1. The van der Waals surface area contributed by atoms with Crippen molar-refractivity contribution in [2.24, 2.45) is 23.1 Å². The highest BCUT2D eigenvalue weighted by Crippen LogP contribution is 2.13. The van der Waals surface area contributed by atoms with Crippen molar-refractivity contribution < 1.29 is 68.4 Å². The predicted octanol–water partition coefficient (Wildman–Crippen LogP) is -3.33. The summed E-state index contributed by atoms with van der Waals surface area (Å²) in [6.07, 6.45) is -2.38. The molecule has 0 saturated carbocycles. The summed E-state index contributed by atoms with van der Waals surface area (Å²) < 4.78 is 0. The maximum absolute atomic E-state index is 13.8. The molecule has 0 aliphatic rings. The molecule has 0 saturated heterocycles. The number of aromatic hydroxyl groups is 1. The van der Waals surface area contributed by atoms with Gasteiger partial charge in [0.1, 0.15) is 42.0 Å². The number of hydrogen-bond donors (Lipinski definition) is 13. The Morgan fingerprint density at radius 3 is 1.65 bits per heavy atom. The smallest absolute Gasteiger partial charge is 0.326 e. The van der Waals surface area contributed by atoms with E-state index in [1.165, 1.54) is 31.2 Å². The second kappa shape index (κ2) is 25.9. The molecule has 0 aliphatic carbocycles. The van der Waals surface area contributed by atoms with Gasteiger partial charge in [-0.25, -0.2) is 4.79 Å². The Bertz CT molecular complexity index is 1690. The van der Waals surface area contributed by atoms with E-state index in [-0.39, 0.29) is 37.5 Å². The number of carbonyl (C=O) groups excluding carboxylic acids is 7. The van der Waals surface area contributed by atoms with E-state index in [9.17, 15) is 68.4 Å². The molecule has 1 rings (SSSR count). The summed E-state index contributed by atoms with van der Waals surface area (Å²) in [4.78, 5) is 126. The molecule has 334 valence electrons. The van der Waals surface area contributed by atoms with Crippen molar-refractivity contribution in [3.63, 3.8) is 0 Å². The summed E-state index contributed by atoms with van der Waals surface area (Å²) in [6, 6.07) is -5.20. The number of nitrogens with one attached hydrogen (secondary N) is 6. The zero-order valence-corrected chi connectivity index (χ0v) is 33.6. The van der Waals surface area contributed by atoms with Gasteiger partial charge in [-0.3, -0.25) is 43.2 Å². The molecule has 0 fully saturated rings. The van der Waals surface area contributed by atoms with Crippen molar-refractivity contribution in [2.75, 3.05) is 6.54 Å². The third-order valence-electron chi connectivity index (χ3n) is 8.71. The first-order valence-corrected chi connectivity index (χ1v) is 19.0. The molecule has 1 aromatic rings. The summed E-state index contributed by atoms with van der Waals surface area (Å²) in [5.41, 5.74) is 16.6. The van der Waals surface area contributed by atoms with Crippen LogP contribution in [0.25, 0.3) is 0 Å². The van der Waals surface area contributed by atoms with Crippen LogP contribution in [-0.4, -0.2) is 129 Å². The lowest BCUT2D eigenvalue weighted by molar-refractivity contribution is -0.142. The Balaban J connectivity index is 3.38. The molecule has 0 aromatic heterocycles. The van der Waals surface area contributed by atoms with Crippen LogP contribution in [-0.2, 0) is 54.4 Å². The molecule has 0 unspecified atom stereocenters. The van der Waals surface area contributed by atoms with Crippen LogP contribution in [0.1, 0.15) is 77.7 Å². The first-order chi connectivity index (χ1) is 28.0. The number of phenolic OH excluding ortho intramolecular Hbond substituents is 1. The molecule has 0 radical (unpaired) electrons. The number of carbonyl (C=O) groups is 10. The number of carboxylic acids is 3. The number of benzene rings is 1. The van der Waals surface area contributed by atoms with Gasteiger partial charge in [-0.15, -0.1) is 0 Å². The highest BCUT2D eigenvalue weighted by molar-refractivity contribution is 5.98. The van der Waals surface area contributed by atoms with Crippen molar-refractivity contribution in [1.82, 2.24) is 31.9 Å². The zero-order chi connectivity index (χ0) is 45.7. The summed E-state index contributed by atoms with van der Waals surface area (Å²) in [5.74, 6) is -11.8. The number of nitrogens with two attached hydrogens (primary N) is 3. The average Bonchev–Trinajstić information content (AvgIpc) is 3.14. The fourth-order valence-electron chi connectivity index (χ4n) is 5.53. The number of rotatable bonds is 28. The molecule has 0 aliphatic heterocycles. The minimum atomic E-state index is -1.91. The first-order valence-electron chi connectivity index (χ1n) is 19.0. The lowest BCUT2D eigenvalue weighted by Gasteiger charge is -2.27. The standard InChI is InChI=1S/C37H57N9O14/c1-18(2)14-25(44-31(53)19(3)41-32(54)22(39)16-28(40)48)34(56)46-27(17-30(51)52)36(58)42-23(11-12-29(49)50)33(55)45-26(15-20-7-9-21(47)10-8-20)35(57)43-24(37(59)60)6-4-5-13-38/h7-10,18-19,22-27,47H,4-6,11-17,38-39H2,1-3H3,(H2,40,48)(H,41,54)(H,42,58)(H,43,57)(H,44,53)(H,45,55)(H,46,56)(H,49,50)(H,51,52)(H,59,60)/t19-,22-,23-,24-,25-,26-,27-/m0/s1. The van der Waals surface area contributed by atoms with Gasteiger partial charge < -0.3 is 69.5 Å². The topological polar surface area (TPSA) is 402 Å². The number of carboxylic acid groups (broad SMARTS) is 3. The fourth-order valence-corrected chi connectivity index (χ4v) is 5.53. The van der Waals surface area contributed by atoms with Gasteiger partial charge in [0.05, 0.1) is 18.9 Å². The molecule has 23 nitrogen and oxygen atoms in total. The van der Waals surface area contributed by atoms with E-state index in [1.807, 2.05) is 0 Å². The number of aliphatic carboxylic acids is 3. The molecule has 60 heavy (non-hydrogen) atoms. The van der Waals surface area contributed by atoms with Crippen LogP contribution >= 0.6 is 0 Å². The Labute approximate surface area is 345 Å². The highest BCUT2D eigenvalue weighted by atomic mass is 16.4. The second-order valence-corrected chi connectivity index (χ2v) is 14.5. The lowest BCUT2D eigenvalue weighted by atomic mass is 10.0. The molecule has 7 amide bonds. The summed E-state index contributed by atoms with van der Waals surface area (Å²) in [7, 11) is 0. The van der Waals surface area contributed by atoms with Gasteiger partial charge in [0.15, 0.2) is 0 Å². The van der Waals surface area contributed by atoms with Gasteiger partial charge in [0.2, 0.25) is 41.4 Å². The van der Waals surface area contributed by atoms with Crippen LogP contribution in [0.3, 0.4) is 0 Å². The zero-order valence-electron chi connectivity index (χ0n) is 33.6. The molecule has 16 N–H and O–H groups in total. The van der Waals surface area contributed by atoms with Crippen LogP contribution in [0.2, 0.25) is 0 Å². The maximum Gasteiger partial charge on any atom is 0.326 e. The van der Waals surface area contributed by atoms with Crippen molar-refractivity contribution >= 4 is 59.3 Å². The SMILES string of the molecule is CC(C)C[C@H](NC(=O)[C@H](C)NC(=O)[C@@H](N)CC(N)=O)C(=O)N[C@@H](CC(=O)O)C(=O)N[C@@H](CCC(=O)O)C(=O)N[C@@H](Cc1ccc(O)cc1)C(=O)N[C@@H](CCCCN)C(=O)O. The van der Waals surface area contributed by atoms with Gasteiger partial charge in [0, 0.05) is 12.8 Å². The monoisotopic (exact) mass is 851 g/mol. The largest absolute Gasteiger partial charge is 0.508 e. The van der Waals surface area contributed by atoms with E-state index in [0.29, 0.717) is 18.4 Å².